The third kappa shape index (κ3) is 4.08. The van der Waals surface area contributed by atoms with Gasteiger partial charge in [-0.2, -0.15) is 0 Å². The number of nitrogens with zero attached hydrogens (tertiary/aromatic N) is 2. The summed E-state index contributed by atoms with van der Waals surface area (Å²) in [5, 5.41) is 0.178. The Morgan fingerprint density at radius 2 is 2.15 bits per heavy atom. The van der Waals surface area contributed by atoms with E-state index < -0.39 is 0 Å². The van der Waals surface area contributed by atoms with Crippen molar-refractivity contribution < 1.29 is 9.53 Å². The molecule has 0 aliphatic rings. The van der Waals surface area contributed by atoms with E-state index >= 15 is 0 Å². The maximum Gasteiger partial charge on any atom is 0.257 e. The fourth-order valence-corrected chi connectivity index (χ4v) is 2.32. The van der Waals surface area contributed by atoms with Crippen LogP contribution in [0, 0.1) is 0 Å². The highest BCUT2D eigenvalue weighted by atomic mass is 35.5. The molecule has 1 rings (SSSR count). The van der Waals surface area contributed by atoms with Crippen LogP contribution in [0.3, 0.4) is 0 Å². The molecule has 1 aromatic rings. The van der Waals surface area contributed by atoms with Crippen LogP contribution in [-0.4, -0.2) is 42.1 Å². The maximum absolute atomic E-state index is 12.7. The van der Waals surface area contributed by atoms with E-state index in [0.717, 1.165) is 12.8 Å². The van der Waals surface area contributed by atoms with Gasteiger partial charge in [-0.05, 0) is 18.9 Å². The Balaban J connectivity index is 3.05. The van der Waals surface area contributed by atoms with Gasteiger partial charge in [-0.25, -0.2) is 4.98 Å². The lowest BCUT2D eigenvalue weighted by Gasteiger charge is -2.30. The number of aromatic nitrogens is 1. The van der Waals surface area contributed by atoms with E-state index in [9.17, 15) is 4.79 Å². The Bertz CT molecular complexity index is 450. The number of ether oxygens (including phenoxy) is 1. The molecule has 0 atom stereocenters. The number of carbonyl (C=O) groups excluding carboxylic acids is 1. The largest absolute Gasteiger partial charge is 0.397 e. The molecule has 1 heterocycles. The smallest absolute Gasteiger partial charge is 0.257 e. The molecule has 0 aromatic carbocycles. The van der Waals surface area contributed by atoms with Crippen LogP contribution in [0.5, 0.6) is 0 Å². The summed E-state index contributed by atoms with van der Waals surface area (Å²) < 4.78 is 5.08. The van der Waals surface area contributed by atoms with Crippen LogP contribution in [-0.2, 0) is 4.74 Å². The summed E-state index contributed by atoms with van der Waals surface area (Å²) in [5.74, 6) is -0.152. The molecule has 0 saturated heterocycles. The van der Waals surface area contributed by atoms with Crippen LogP contribution in [0.25, 0.3) is 0 Å². The van der Waals surface area contributed by atoms with Crippen molar-refractivity contribution in [3.8, 4) is 0 Å². The van der Waals surface area contributed by atoms with Gasteiger partial charge in [0, 0.05) is 19.7 Å². The van der Waals surface area contributed by atoms with Crippen molar-refractivity contribution in [2.45, 2.75) is 32.7 Å². The average molecular weight is 300 g/mol. The molecule has 0 saturated carbocycles. The van der Waals surface area contributed by atoms with Crippen molar-refractivity contribution in [2.75, 3.05) is 26.0 Å². The molecule has 0 fully saturated rings. The molecule has 1 aromatic heterocycles. The molecule has 112 valence electrons. The van der Waals surface area contributed by atoms with Gasteiger partial charge in [-0.1, -0.05) is 25.4 Å². The highest BCUT2D eigenvalue weighted by molar-refractivity contribution is 6.32. The van der Waals surface area contributed by atoms with Crippen molar-refractivity contribution in [3.63, 3.8) is 0 Å². The minimum Gasteiger partial charge on any atom is -0.397 e. The predicted molar refractivity (Wildman–Crippen MR) is 80.9 cm³/mol. The van der Waals surface area contributed by atoms with E-state index in [1.807, 2.05) is 0 Å². The number of nitrogen functional groups attached to an aromatic ring is 1. The van der Waals surface area contributed by atoms with Crippen LogP contribution in [0.1, 0.15) is 37.0 Å². The molecule has 0 radical (unpaired) electrons. The Morgan fingerprint density at radius 3 is 2.70 bits per heavy atom. The summed E-state index contributed by atoms with van der Waals surface area (Å²) in [5.41, 5.74) is 6.46. The minimum atomic E-state index is -0.152. The van der Waals surface area contributed by atoms with Gasteiger partial charge in [-0.3, -0.25) is 4.79 Å². The highest BCUT2D eigenvalue weighted by Gasteiger charge is 2.24. The molecule has 0 spiro atoms. The number of amides is 1. The van der Waals surface area contributed by atoms with E-state index in [1.165, 1.54) is 6.20 Å². The van der Waals surface area contributed by atoms with Crippen molar-refractivity contribution >= 4 is 23.2 Å². The average Bonchev–Trinajstić information content (AvgIpc) is 2.45. The zero-order valence-corrected chi connectivity index (χ0v) is 13.0. The Hall–Kier alpha value is -1.33. The van der Waals surface area contributed by atoms with Crippen molar-refractivity contribution in [3.05, 3.63) is 23.0 Å². The lowest BCUT2D eigenvalue weighted by Crippen LogP contribution is -2.42. The second-order valence-corrected chi connectivity index (χ2v) is 4.93. The second kappa shape index (κ2) is 8.07. The Labute approximate surface area is 125 Å². The van der Waals surface area contributed by atoms with E-state index in [0.29, 0.717) is 24.4 Å². The fraction of sp³-hybridized carbons (Fsp3) is 0.571. The van der Waals surface area contributed by atoms with Crippen LogP contribution in [0.15, 0.2) is 12.3 Å². The number of halogens is 1. The number of carbonyl (C=O) groups is 1. The van der Waals surface area contributed by atoms with Gasteiger partial charge in [0.2, 0.25) is 0 Å². The van der Waals surface area contributed by atoms with E-state index in [2.05, 4.69) is 18.8 Å². The molecule has 0 unspecified atom stereocenters. The molecule has 0 aliphatic heterocycles. The first-order valence-corrected chi connectivity index (χ1v) is 7.13. The van der Waals surface area contributed by atoms with Crippen LogP contribution in [0.4, 0.5) is 5.69 Å². The normalized spacial score (nSPS) is 10.8. The lowest BCUT2D eigenvalue weighted by atomic mass is 10.1. The van der Waals surface area contributed by atoms with Crippen LogP contribution < -0.4 is 5.73 Å². The van der Waals surface area contributed by atoms with E-state index in [-0.39, 0.29) is 17.1 Å². The second-order valence-electron chi connectivity index (χ2n) is 4.57. The maximum atomic E-state index is 12.7. The van der Waals surface area contributed by atoms with Crippen LogP contribution in [0.2, 0.25) is 5.15 Å². The van der Waals surface area contributed by atoms with Gasteiger partial charge in [0.1, 0.15) is 5.15 Å². The van der Waals surface area contributed by atoms with Gasteiger partial charge in [-0.15, -0.1) is 0 Å². The predicted octanol–water partition coefficient (Wildman–Crippen LogP) is 2.59. The fourth-order valence-electron chi connectivity index (χ4n) is 2.14. The molecule has 0 bridgehead atoms. The summed E-state index contributed by atoms with van der Waals surface area (Å²) >= 11 is 6.01. The topological polar surface area (TPSA) is 68.5 Å². The van der Waals surface area contributed by atoms with Gasteiger partial charge >= 0.3 is 0 Å². The summed E-state index contributed by atoms with van der Waals surface area (Å²) in [6.45, 7) is 5.11. The SMILES string of the molecule is CCC(CC)N(CCOC)C(=O)c1cc(N)cnc1Cl. The van der Waals surface area contributed by atoms with Gasteiger partial charge in [0.05, 0.1) is 24.1 Å². The molecule has 20 heavy (non-hydrogen) atoms. The quantitative estimate of drug-likeness (QED) is 0.786. The van der Waals surface area contributed by atoms with Gasteiger partial charge < -0.3 is 15.4 Å². The number of pyridine rings is 1. The summed E-state index contributed by atoms with van der Waals surface area (Å²) in [6, 6.07) is 1.72. The third-order valence-corrected chi connectivity index (χ3v) is 3.57. The zero-order chi connectivity index (χ0) is 15.1. The molecule has 2 N–H and O–H groups in total. The number of rotatable bonds is 7. The zero-order valence-electron chi connectivity index (χ0n) is 12.2. The molecule has 5 nitrogen and oxygen atoms in total. The number of hydrogen-bond acceptors (Lipinski definition) is 4. The third-order valence-electron chi connectivity index (χ3n) is 3.27. The molecular weight excluding hydrogens is 278 g/mol. The summed E-state index contributed by atoms with van der Waals surface area (Å²) in [7, 11) is 1.62. The standard InChI is InChI=1S/C14H22ClN3O2/c1-4-11(5-2)18(6-7-20-3)14(19)12-8-10(16)9-17-13(12)15/h8-9,11H,4-7,16H2,1-3H3. The molecule has 6 heteroatoms. The number of methoxy groups -OCH3 is 1. The first-order valence-electron chi connectivity index (χ1n) is 6.76. The van der Waals surface area contributed by atoms with Crippen LogP contribution >= 0.6 is 11.6 Å². The van der Waals surface area contributed by atoms with Crippen molar-refractivity contribution in [1.82, 2.24) is 9.88 Å². The molecule has 0 aliphatic carbocycles. The number of hydrogen-bond donors (Lipinski definition) is 1. The Morgan fingerprint density at radius 1 is 1.50 bits per heavy atom. The minimum absolute atomic E-state index is 0.148. The van der Waals surface area contributed by atoms with E-state index in [4.69, 9.17) is 22.1 Å². The summed E-state index contributed by atoms with van der Waals surface area (Å²) in [6.07, 6.45) is 3.19. The number of anilines is 1. The molecule has 1 amide bonds. The van der Waals surface area contributed by atoms with Gasteiger partial charge in [0.15, 0.2) is 0 Å². The number of nitrogens with two attached hydrogens (primary N) is 1. The highest BCUT2D eigenvalue weighted by Crippen LogP contribution is 2.20. The Kier molecular flexibility index (Phi) is 6.75. The van der Waals surface area contributed by atoms with Gasteiger partial charge in [0.25, 0.3) is 5.91 Å². The summed E-state index contributed by atoms with van der Waals surface area (Å²) in [4.78, 5) is 18.4. The first-order chi connectivity index (χ1) is 9.54. The van der Waals surface area contributed by atoms with E-state index in [1.54, 1.807) is 18.1 Å². The lowest BCUT2D eigenvalue weighted by molar-refractivity contribution is 0.0589. The first kappa shape index (κ1) is 16.7. The molecular formula is C14H22ClN3O2. The monoisotopic (exact) mass is 299 g/mol. The van der Waals surface area contributed by atoms with Crippen molar-refractivity contribution in [1.29, 1.82) is 0 Å². The van der Waals surface area contributed by atoms with Crippen molar-refractivity contribution in [2.24, 2.45) is 0 Å².